The molecule has 0 aromatic heterocycles. The van der Waals surface area contributed by atoms with Crippen molar-refractivity contribution in [1.29, 1.82) is 0 Å². The molecule has 0 aliphatic rings. The average molecular weight is 413 g/mol. The van der Waals surface area contributed by atoms with Gasteiger partial charge in [-0.15, -0.1) is 0 Å². The number of halogens is 2. The molecule has 0 heterocycles. The maximum absolute atomic E-state index is 12.0. The van der Waals surface area contributed by atoms with Crippen molar-refractivity contribution in [3.05, 3.63) is 62.5 Å². The van der Waals surface area contributed by atoms with E-state index in [2.05, 4.69) is 44.0 Å². The van der Waals surface area contributed by atoms with Crippen LogP contribution in [0.25, 0.3) is 0 Å². The monoisotopic (exact) mass is 411 g/mol. The van der Waals surface area contributed by atoms with Crippen molar-refractivity contribution in [3.63, 3.8) is 0 Å². The first-order chi connectivity index (χ1) is 10.1. The van der Waals surface area contributed by atoms with Gasteiger partial charge >= 0.3 is 5.97 Å². The van der Waals surface area contributed by atoms with Gasteiger partial charge in [0.05, 0.1) is 17.9 Å². The van der Waals surface area contributed by atoms with Gasteiger partial charge in [-0.05, 0) is 46.5 Å². The van der Waals surface area contributed by atoms with Crippen LogP contribution in [0.2, 0.25) is 0 Å². The zero-order valence-corrected chi connectivity index (χ0v) is 14.5. The Morgan fingerprint density at radius 3 is 2.57 bits per heavy atom. The molecule has 0 fully saturated rings. The lowest BCUT2D eigenvalue weighted by Crippen LogP contribution is -2.10. The van der Waals surface area contributed by atoms with Gasteiger partial charge < -0.3 is 10.5 Å². The highest BCUT2D eigenvalue weighted by Crippen LogP contribution is 2.28. The summed E-state index contributed by atoms with van der Waals surface area (Å²) in [6.07, 6.45) is 1.66. The van der Waals surface area contributed by atoms with Crippen molar-refractivity contribution < 1.29 is 9.53 Å². The second-order valence-corrected chi connectivity index (χ2v) is 6.34. The Kier molecular flexibility index (Phi) is 5.82. The molecule has 5 heteroatoms. The smallest absolute Gasteiger partial charge is 0.340 e. The highest BCUT2D eigenvalue weighted by atomic mass is 79.9. The second-order valence-electron chi connectivity index (χ2n) is 4.57. The van der Waals surface area contributed by atoms with E-state index in [4.69, 9.17) is 10.5 Å². The zero-order chi connectivity index (χ0) is 15.2. The number of esters is 1. The summed E-state index contributed by atoms with van der Waals surface area (Å²) in [7, 11) is 0. The molecule has 2 N–H and O–H groups in total. The molecule has 0 aliphatic heterocycles. The number of nitrogens with two attached hydrogens (primary N) is 1. The number of ether oxygens (including phenoxy) is 1. The van der Waals surface area contributed by atoms with Crippen molar-refractivity contribution in [3.8, 4) is 0 Å². The molecule has 0 unspecified atom stereocenters. The summed E-state index contributed by atoms with van der Waals surface area (Å²) in [4.78, 5) is 12.0. The Morgan fingerprint density at radius 1 is 1.14 bits per heavy atom. The number of hydrogen-bond donors (Lipinski definition) is 1. The summed E-state index contributed by atoms with van der Waals surface area (Å²) in [6, 6.07) is 13.6. The van der Waals surface area contributed by atoms with Crippen LogP contribution in [0.4, 0.5) is 5.69 Å². The second kappa shape index (κ2) is 7.61. The molecule has 2 aromatic rings. The Balaban J connectivity index is 1.88. The van der Waals surface area contributed by atoms with Crippen LogP contribution < -0.4 is 5.73 Å². The molecule has 2 rings (SSSR count). The molecule has 0 radical (unpaired) electrons. The van der Waals surface area contributed by atoms with E-state index in [0.717, 1.165) is 17.3 Å². The van der Waals surface area contributed by atoms with Crippen molar-refractivity contribution in [1.82, 2.24) is 0 Å². The minimum absolute atomic E-state index is 0.371. The van der Waals surface area contributed by atoms with Crippen LogP contribution in [-0.2, 0) is 11.2 Å². The van der Waals surface area contributed by atoms with Gasteiger partial charge in [-0.3, -0.25) is 0 Å². The number of carbonyl (C=O) groups excluding carboxylic acids is 1. The fourth-order valence-corrected chi connectivity index (χ4v) is 3.14. The van der Waals surface area contributed by atoms with Crippen LogP contribution >= 0.6 is 31.9 Å². The summed E-state index contributed by atoms with van der Waals surface area (Å²) < 4.78 is 6.73. The number of aryl methyl sites for hydroxylation is 1. The molecule has 3 nitrogen and oxygen atoms in total. The minimum atomic E-state index is -0.400. The molecule has 0 amide bonds. The van der Waals surface area contributed by atoms with E-state index in [0.29, 0.717) is 22.3 Å². The SMILES string of the molecule is Nc1c(Br)cc(Br)cc1C(=O)OCCCc1ccccc1. The van der Waals surface area contributed by atoms with E-state index in [1.165, 1.54) is 5.56 Å². The first kappa shape index (κ1) is 16.0. The predicted molar refractivity (Wildman–Crippen MR) is 91.3 cm³/mol. The van der Waals surface area contributed by atoms with Crippen LogP contribution in [-0.4, -0.2) is 12.6 Å². The van der Waals surface area contributed by atoms with Crippen LogP contribution in [0.1, 0.15) is 22.3 Å². The summed E-state index contributed by atoms with van der Waals surface area (Å²) in [5.41, 5.74) is 7.88. The average Bonchev–Trinajstić information content (AvgIpc) is 2.48. The molecule has 2 aromatic carbocycles. The van der Waals surface area contributed by atoms with Gasteiger partial charge in [0.1, 0.15) is 0 Å². The summed E-state index contributed by atoms with van der Waals surface area (Å²) in [5.74, 6) is -0.400. The fraction of sp³-hybridized carbons (Fsp3) is 0.188. The van der Waals surface area contributed by atoms with E-state index < -0.39 is 5.97 Å². The zero-order valence-electron chi connectivity index (χ0n) is 11.3. The largest absolute Gasteiger partial charge is 0.462 e. The first-order valence-corrected chi connectivity index (χ1v) is 8.12. The van der Waals surface area contributed by atoms with Crippen molar-refractivity contribution >= 4 is 43.5 Å². The van der Waals surface area contributed by atoms with E-state index in [9.17, 15) is 4.79 Å². The van der Waals surface area contributed by atoms with E-state index in [1.54, 1.807) is 12.1 Å². The van der Waals surface area contributed by atoms with E-state index >= 15 is 0 Å². The summed E-state index contributed by atoms with van der Waals surface area (Å²) >= 11 is 6.65. The Hall–Kier alpha value is -1.33. The van der Waals surface area contributed by atoms with Gasteiger partial charge in [0.2, 0.25) is 0 Å². The Labute approximate surface area is 140 Å². The van der Waals surface area contributed by atoms with Gasteiger partial charge in [0.25, 0.3) is 0 Å². The molecule has 0 bridgehead atoms. The van der Waals surface area contributed by atoms with Crippen molar-refractivity contribution in [2.24, 2.45) is 0 Å². The molecule has 0 atom stereocenters. The fourth-order valence-electron chi connectivity index (χ4n) is 1.92. The number of hydrogen-bond acceptors (Lipinski definition) is 3. The molecule has 0 saturated heterocycles. The molecular weight excluding hydrogens is 398 g/mol. The predicted octanol–water partition coefficient (Wildman–Crippen LogP) is 4.58. The van der Waals surface area contributed by atoms with E-state index in [1.807, 2.05) is 18.2 Å². The number of carbonyl (C=O) groups is 1. The lowest BCUT2D eigenvalue weighted by atomic mass is 10.1. The quantitative estimate of drug-likeness (QED) is 0.444. The molecule has 0 spiro atoms. The normalized spacial score (nSPS) is 10.4. The highest BCUT2D eigenvalue weighted by Gasteiger charge is 2.14. The molecule has 21 heavy (non-hydrogen) atoms. The molecule has 0 saturated carbocycles. The number of rotatable bonds is 5. The first-order valence-electron chi connectivity index (χ1n) is 6.53. The lowest BCUT2D eigenvalue weighted by molar-refractivity contribution is 0.0501. The minimum Gasteiger partial charge on any atom is -0.462 e. The molecule has 110 valence electrons. The van der Waals surface area contributed by atoms with Crippen molar-refractivity contribution in [2.45, 2.75) is 12.8 Å². The van der Waals surface area contributed by atoms with Gasteiger partial charge in [-0.25, -0.2) is 4.79 Å². The van der Waals surface area contributed by atoms with Crippen LogP contribution in [0.3, 0.4) is 0 Å². The van der Waals surface area contributed by atoms with Gasteiger partial charge in [-0.2, -0.15) is 0 Å². The summed E-state index contributed by atoms with van der Waals surface area (Å²) in [5, 5.41) is 0. The number of benzene rings is 2. The van der Waals surface area contributed by atoms with Crippen LogP contribution in [0.5, 0.6) is 0 Å². The maximum Gasteiger partial charge on any atom is 0.340 e. The van der Waals surface area contributed by atoms with Gasteiger partial charge in [0.15, 0.2) is 0 Å². The molecular formula is C16H15Br2NO2. The highest BCUT2D eigenvalue weighted by molar-refractivity contribution is 9.11. The third-order valence-electron chi connectivity index (χ3n) is 3.00. The van der Waals surface area contributed by atoms with Crippen molar-refractivity contribution in [2.75, 3.05) is 12.3 Å². The Morgan fingerprint density at radius 2 is 1.86 bits per heavy atom. The lowest BCUT2D eigenvalue weighted by Gasteiger charge is -2.09. The van der Waals surface area contributed by atoms with Gasteiger partial charge in [-0.1, -0.05) is 46.3 Å². The van der Waals surface area contributed by atoms with E-state index in [-0.39, 0.29) is 0 Å². The third-order valence-corrected chi connectivity index (χ3v) is 4.11. The summed E-state index contributed by atoms with van der Waals surface area (Å²) in [6.45, 7) is 0.372. The molecule has 0 aliphatic carbocycles. The Bertz CT molecular complexity index is 630. The standard InChI is InChI=1S/C16H15Br2NO2/c17-12-9-13(15(19)14(18)10-12)16(20)21-8-4-7-11-5-2-1-3-6-11/h1-3,5-6,9-10H,4,7-8,19H2. The number of anilines is 1. The van der Waals surface area contributed by atoms with Crippen LogP contribution in [0, 0.1) is 0 Å². The maximum atomic E-state index is 12.0. The van der Waals surface area contributed by atoms with Crippen LogP contribution in [0.15, 0.2) is 51.4 Å². The topological polar surface area (TPSA) is 52.3 Å². The van der Waals surface area contributed by atoms with Gasteiger partial charge in [0, 0.05) is 8.95 Å². The number of nitrogen functional groups attached to an aromatic ring is 1. The third kappa shape index (κ3) is 4.58.